The van der Waals surface area contributed by atoms with Crippen LogP contribution in [0.2, 0.25) is 25.1 Å². The fourth-order valence-corrected chi connectivity index (χ4v) is 4.61. The minimum Gasteiger partial charge on any atom is -0.268 e. The highest BCUT2D eigenvalue weighted by molar-refractivity contribution is 7.14. The van der Waals surface area contributed by atoms with Crippen molar-refractivity contribution in [3.8, 4) is 11.3 Å². The van der Waals surface area contributed by atoms with Crippen LogP contribution in [0.3, 0.4) is 0 Å². The number of thiazole rings is 1. The van der Waals surface area contributed by atoms with Crippen molar-refractivity contribution in [1.82, 2.24) is 4.98 Å². The molecule has 0 aliphatic carbocycles. The monoisotopic (exact) mass is 476 g/mol. The van der Waals surface area contributed by atoms with Gasteiger partial charge in [-0.25, -0.2) is 9.88 Å². The van der Waals surface area contributed by atoms with E-state index in [0.29, 0.717) is 10.7 Å². The summed E-state index contributed by atoms with van der Waals surface area (Å²) in [5.41, 5.74) is 1.23. The number of imide groups is 1. The summed E-state index contributed by atoms with van der Waals surface area (Å²) in [4.78, 5) is 31.0. The molecule has 2 aromatic carbocycles. The van der Waals surface area contributed by atoms with E-state index in [2.05, 4.69) is 4.98 Å². The first-order chi connectivity index (χ1) is 12.8. The molecule has 1 aliphatic rings. The average molecular weight is 479 g/mol. The van der Waals surface area contributed by atoms with Gasteiger partial charge in [0.1, 0.15) is 0 Å². The molecule has 0 atom stereocenters. The van der Waals surface area contributed by atoms with Crippen molar-refractivity contribution in [2.75, 3.05) is 4.90 Å². The molecule has 27 heavy (non-hydrogen) atoms. The fraction of sp³-hybridized carbons (Fsp3) is 0. The van der Waals surface area contributed by atoms with Gasteiger partial charge in [-0.05, 0) is 12.1 Å². The number of nitrogens with zero attached hydrogens (tertiary/aromatic N) is 2. The van der Waals surface area contributed by atoms with E-state index in [1.165, 1.54) is 0 Å². The van der Waals surface area contributed by atoms with Crippen molar-refractivity contribution in [2.45, 2.75) is 0 Å². The lowest BCUT2D eigenvalue weighted by molar-refractivity contribution is 0.0926. The Morgan fingerprint density at radius 2 is 1.30 bits per heavy atom. The molecule has 1 aromatic heterocycles. The van der Waals surface area contributed by atoms with Crippen LogP contribution in [0.25, 0.3) is 11.3 Å². The van der Waals surface area contributed by atoms with E-state index in [1.54, 1.807) is 29.6 Å². The molecule has 0 spiro atoms. The summed E-state index contributed by atoms with van der Waals surface area (Å²) in [6.45, 7) is 0. The molecule has 0 N–H and O–H groups in total. The van der Waals surface area contributed by atoms with Gasteiger partial charge in [0, 0.05) is 16.0 Å². The summed E-state index contributed by atoms with van der Waals surface area (Å²) >= 11 is 31.3. The normalized spacial score (nSPS) is 13.4. The standard InChI is InChI=1S/C17H5Cl5N2O2S/c18-7-3-1-6(2-4-7)8-5-27-17(23-8)24-15(25)9-10(16(24)26)12(20)14(22)13(21)11(9)19/h1-5H. The number of carbonyl (C=O) groups is 2. The second-order valence-corrected chi connectivity index (χ2v) is 8.26. The number of fused-ring (bicyclic) bond motifs is 1. The molecule has 0 fully saturated rings. The predicted molar refractivity (Wildman–Crippen MR) is 110 cm³/mol. The number of halogens is 5. The molecule has 4 nitrogen and oxygen atoms in total. The van der Waals surface area contributed by atoms with Gasteiger partial charge < -0.3 is 0 Å². The highest BCUT2D eigenvalue weighted by Crippen LogP contribution is 2.46. The van der Waals surface area contributed by atoms with Crippen LogP contribution in [0, 0.1) is 0 Å². The van der Waals surface area contributed by atoms with Gasteiger partial charge in [0.2, 0.25) is 0 Å². The third-order valence-corrected chi connectivity index (χ3v) is 6.80. The molecule has 0 saturated carbocycles. The Hall–Kier alpha value is -1.34. The van der Waals surface area contributed by atoms with Crippen LogP contribution in [0.4, 0.5) is 5.13 Å². The van der Waals surface area contributed by atoms with E-state index in [-0.39, 0.29) is 36.3 Å². The van der Waals surface area contributed by atoms with Crippen LogP contribution in [0.1, 0.15) is 20.7 Å². The lowest BCUT2D eigenvalue weighted by Crippen LogP contribution is -2.29. The summed E-state index contributed by atoms with van der Waals surface area (Å²) in [6, 6.07) is 7.02. The average Bonchev–Trinajstić information content (AvgIpc) is 3.21. The summed E-state index contributed by atoms with van der Waals surface area (Å²) in [6.07, 6.45) is 0. The van der Waals surface area contributed by atoms with Gasteiger partial charge in [0.15, 0.2) is 5.13 Å². The first kappa shape index (κ1) is 19.0. The van der Waals surface area contributed by atoms with E-state index in [4.69, 9.17) is 58.0 Å². The molecule has 0 saturated heterocycles. The number of rotatable bonds is 2. The maximum atomic E-state index is 12.8. The lowest BCUT2D eigenvalue weighted by Gasteiger charge is -2.09. The summed E-state index contributed by atoms with van der Waals surface area (Å²) in [5.74, 6) is -1.31. The molecule has 2 heterocycles. The smallest absolute Gasteiger partial charge is 0.268 e. The second kappa shape index (κ2) is 6.92. The quantitative estimate of drug-likeness (QED) is 0.229. The molecule has 0 radical (unpaired) electrons. The molecule has 1 aliphatic heterocycles. The fourth-order valence-electron chi connectivity index (χ4n) is 2.64. The molecule has 0 bridgehead atoms. The number of anilines is 1. The maximum Gasteiger partial charge on any atom is 0.269 e. The zero-order valence-electron chi connectivity index (χ0n) is 12.9. The van der Waals surface area contributed by atoms with Gasteiger partial charge in [-0.3, -0.25) is 9.59 Å². The summed E-state index contributed by atoms with van der Waals surface area (Å²) < 4.78 is 0. The molecule has 10 heteroatoms. The Labute approximate surface area is 182 Å². The molecular weight excluding hydrogens is 474 g/mol. The molecule has 0 unspecified atom stereocenters. The number of benzene rings is 2. The zero-order valence-corrected chi connectivity index (χ0v) is 17.5. The van der Waals surface area contributed by atoms with Crippen LogP contribution < -0.4 is 4.90 Å². The van der Waals surface area contributed by atoms with Crippen LogP contribution in [0.5, 0.6) is 0 Å². The van der Waals surface area contributed by atoms with Crippen molar-refractivity contribution >= 4 is 86.3 Å². The Morgan fingerprint density at radius 3 is 1.81 bits per heavy atom. The third kappa shape index (κ3) is 2.94. The molecule has 3 aromatic rings. The zero-order chi connectivity index (χ0) is 19.5. The Kier molecular flexibility index (Phi) is 4.87. The number of hydrogen-bond acceptors (Lipinski definition) is 4. The Balaban J connectivity index is 1.79. The number of carbonyl (C=O) groups excluding carboxylic acids is 2. The van der Waals surface area contributed by atoms with Gasteiger partial charge in [0.25, 0.3) is 11.8 Å². The van der Waals surface area contributed by atoms with E-state index in [1.807, 2.05) is 0 Å². The van der Waals surface area contributed by atoms with Crippen molar-refractivity contribution in [3.63, 3.8) is 0 Å². The maximum absolute atomic E-state index is 12.8. The predicted octanol–water partition coefficient (Wildman–Crippen LogP) is 6.88. The molecule has 2 amide bonds. The van der Waals surface area contributed by atoms with Crippen molar-refractivity contribution in [2.24, 2.45) is 0 Å². The Morgan fingerprint density at radius 1 is 0.778 bits per heavy atom. The van der Waals surface area contributed by atoms with Crippen LogP contribution in [-0.4, -0.2) is 16.8 Å². The van der Waals surface area contributed by atoms with Gasteiger partial charge in [-0.15, -0.1) is 11.3 Å². The molecule has 4 rings (SSSR count). The van der Waals surface area contributed by atoms with E-state index in [0.717, 1.165) is 21.8 Å². The summed E-state index contributed by atoms with van der Waals surface area (Å²) in [7, 11) is 0. The second-order valence-electron chi connectivity index (χ2n) is 5.47. The SMILES string of the molecule is O=C1c2c(Cl)c(Cl)c(Cl)c(Cl)c2C(=O)N1c1nc(-c2ccc(Cl)cc2)cs1. The third-order valence-electron chi connectivity index (χ3n) is 3.92. The largest absolute Gasteiger partial charge is 0.269 e. The Bertz CT molecular complexity index is 1080. The van der Waals surface area contributed by atoms with E-state index >= 15 is 0 Å². The number of aromatic nitrogens is 1. The first-order valence-corrected chi connectivity index (χ1v) is 10.0. The topological polar surface area (TPSA) is 50.3 Å². The van der Waals surface area contributed by atoms with Gasteiger partial charge in [-0.2, -0.15) is 0 Å². The van der Waals surface area contributed by atoms with Crippen molar-refractivity contribution in [3.05, 3.63) is 65.9 Å². The molecule has 136 valence electrons. The van der Waals surface area contributed by atoms with Crippen LogP contribution in [-0.2, 0) is 0 Å². The highest BCUT2D eigenvalue weighted by atomic mass is 35.5. The summed E-state index contributed by atoms with van der Waals surface area (Å²) in [5, 5.41) is 2.12. The van der Waals surface area contributed by atoms with Gasteiger partial charge in [0.05, 0.1) is 36.9 Å². The van der Waals surface area contributed by atoms with E-state index in [9.17, 15) is 9.59 Å². The van der Waals surface area contributed by atoms with Crippen LogP contribution >= 0.6 is 69.3 Å². The van der Waals surface area contributed by atoms with Crippen molar-refractivity contribution < 1.29 is 9.59 Å². The van der Waals surface area contributed by atoms with Crippen molar-refractivity contribution in [1.29, 1.82) is 0 Å². The number of hydrogen-bond donors (Lipinski definition) is 0. The molecular formula is C17H5Cl5N2O2S. The lowest BCUT2D eigenvalue weighted by atomic mass is 10.1. The number of amides is 2. The minimum atomic E-state index is -0.655. The van der Waals surface area contributed by atoms with Crippen LogP contribution in [0.15, 0.2) is 29.6 Å². The van der Waals surface area contributed by atoms with E-state index < -0.39 is 11.8 Å². The minimum absolute atomic E-state index is 0.0777. The van der Waals surface area contributed by atoms with Gasteiger partial charge >= 0.3 is 0 Å². The first-order valence-electron chi connectivity index (χ1n) is 7.27. The van der Waals surface area contributed by atoms with Gasteiger partial charge in [-0.1, -0.05) is 70.1 Å². The highest BCUT2D eigenvalue weighted by Gasteiger charge is 2.43.